The Balaban J connectivity index is 1.70. The summed E-state index contributed by atoms with van der Waals surface area (Å²) in [5.41, 5.74) is 5.34. The predicted octanol–water partition coefficient (Wildman–Crippen LogP) is 7.50. The first kappa shape index (κ1) is 29.3. The molecule has 0 bridgehead atoms. The zero-order valence-electron chi connectivity index (χ0n) is 24.5. The maximum absolute atomic E-state index is 14.0. The van der Waals surface area contributed by atoms with Crippen LogP contribution < -0.4 is 4.74 Å². The number of hydrogen-bond acceptors (Lipinski definition) is 5. The van der Waals surface area contributed by atoms with Crippen molar-refractivity contribution in [3.8, 4) is 5.75 Å². The smallest absolute Gasteiger partial charge is 0.305 e. The number of carbonyl (C=O) groups excluding carboxylic acids is 2. The first-order valence-corrected chi connectivity index (χ1v) is 15.0. The molecule has 2 aromatic rings. The molecule has 3 aliphatic rings. The summed E-state index contributed by atoms with van der Waals surface area (Å²) in [7, 11) is 0. The highest BCUT2D eigenvalue weighted by molar-refractivity contribution is 9.10. The molecule has 0 aromatic heterocycles. The van der Waals surface area contributed by atoms with E-state index < -0.39 is 11.9 Å². The fourth-order valence-corrected chi connectivity index (χ4v) is 6.94. The maximum Gasteiger partial charge on any atom is 0.305 e. The predicted molar refractivity (Wildman–Crippen MR) is 161 cm³/mol. The molecule has 6 nitrogen and oxygen atoms in total. The Morgan fingerprint density at radius 1 is 0.927 bits per heavy atom. The second-order valence-corrected chi connectivity index (χ2v) is 14.2. The van der Waals surface area contributed by atoms with Crippen LogP contribution in [0.3, 0.4) is 0 Å². The van der Waals surface area contributed by atoms with Crippen LogP contribution in [-0.2, 0) is 21.0 Å². The Morgan fingerprint density at radius 2 is 1.49 bits per heavy atom. The molecule has 1 heterocycles. The summed E-state index contributed by atoms with van der Waals surface area (Å²) in [6, 6.07) is 14.0. The monoisotopic (exact) mass is 619 g/mol. The molecule has 0 spiro atoms. The zero-order valence-corrected chi connectivity index (χ0v) is 26.1. The lowest BCUT2D eigenvalue weighted by Crippen LogP contribution is -2.45. The molecule has 7 heteroatoms. The SMILES string of the molecule is Cc1ccc(COc2ccc(Br)cc2C2C3=C(CC(C)(C)CC3=O)N(CCC(=O)O)C3=C2C(=O)CC(C)(C)C3)cc1. The molecule has 0 amide bonds. The summed E-state index contributed by atoms with van der Waals surface area (Å²) in [4.78, 5) is 41.8. The van der Waals surface area contributed by atoms with E-state index in [-0.39, 0.29) is 35.4 Å². The number of hydrogen-bond donors (Lipinski definition) is 1. The van der Waals surface area contributed by atoms with E-state index in [1.165, 1.54) is 5.56 Å². The quantitative estimate of drug-likeness (QED) is 0.345. The Morgan fingerprint density at radius 3 is 2.02 bits per heavy atom. The van der Waals surface area contributed by atoms with Crippen LogP contribution in [0, 0.1) is 17.8 Å². The van der Waals surface area contributed by atoms with Gasteiger partial charge in [0.25, 0.3) is 0 Å². The van der Waals surface area contributed by atoms with Crippen molar-refractivity contribution >= 4 is 33.5 Å². The number of aliphatic carboxylic acids is 1. The lowest BCUT2D eigenvalue weighted by atomic mass is 9.63. The Hall–Kier alpha value is -3.19. The van der Waals surface area contributed by atoms with Crippen molar-refractivity contribution in [3.63, 3.8) is 0 Å². The Labute approximate surface area is 250 Å². The molecule has 0 fully saturated rings. The summed E-state index contributed by atoms with van der Waals surface area (Å²) in [6.07, 6.45) is 1.91. The number of Topliss-reactive ketones (excluding diaryl/α,β-unsaturated/α-hetero) is 2. The minimum absolute atomic E-state index is 0.00946. The second kappa shape index (κ2) is 10.9. The van der Waals surface area contributed by atoms with Crippen molar-refractivity contribution in [1.29, 1.82) is 0 Å². The number of nitrogens with zero attached hydrogens (tertiary/aromatic N) is 1. The van der Waals surface area contributed by atoms with Gasteiger partial charge in [-0.2, -0.15) is 0 Å². The van der Waals surface area contributed by atoms with Crippen molar-refractivity contribution < 1.29 is 24.2 Å². The highest BCUT2D eigenvalue weighted by Crippen LogP contribution is 2.55. The van der Waals surface area contributed by atoms with Crippen molar-refractivity contribution in [2.24, 2.45) is 10.8 Å². The maximum atomic E-state index is 14.0. The van der Waals surface area contributed by atoms with E-state index in [0.29, 0.717) is 49.2 Å². The van der Waals surface area contributed by atoms with Crippen LogP contribution >= 0.6 is 15.9 Å². The number of carboxylic acid groups (broad SMARTS) is 1. The van der Waals surface area contributed by atoms with Gasteiger partial charge in [-0.3, -0.25) is 14.4 Å². The molecule has 0 atom stereocenters. The zero-order chi connectivity index (χ0) is 29.7. The average molecular weight is 621 g/mol. The molecule has 0 saturated carbocycles. The third-order valence-electron chi connectivity index (χ3n) is 8.37. The molecule has 1 aliphatic heterocycles. The second-order valence-electron chi connectivity index (χ2n) is 13.3. The number of aryl methyl sites for hydroxylation is 1. The molecule has 216 valence electrons. The fraction of sp³-hybridized carbons (Fsp3) is 0.441. The summed E-state index contributed by atoms with van der Waals surface area (Å²) in [5.74, 6) is -0.825. The van der Waals surface area contributed by atoms with Crippen molar-refractivity contribution in [2.45, 2.75) is 79.2 Å². The van der Waals surface area contributed by atoms with Gasteiger partial charge in [-0.05, 0) is 54.4 Å². The van der Waals surface area contributed by atoms with Gasteiger partial charge < -0.3 is 14.7 Å². The van der Waals surface area contributed by atoms with Crippen molar-refractivity contribution in [3.05, 3.63) is 86.2 Å². The van der Waals surface area contributed by atoms with Crippen LogP contribution in [-0.4, -0.2) is 34.1 Å². The van der Waals surface area contributed by atoms with Crippen LogP contribution in [0.2, 0.25) is 0 Å². The first-order chi connectivity index (χ1) is 19.2. The molecule has 0 saturated heterocycles. The van der Waals surface area contributed by atoms with Crippen LogP contribution in [0.5, 0.6) is 5.75 Å². The minimum Gasteiger partial charge on any atom is -0.489 e. The van der Waals surface area contributed by atoms with E-state index in [1.807, 2.05) is 54.3 Å². The molecule has 0 radical (unpaired) electrons. The van der Waals surface area contributed by atoms with E-state index in [0.717, 1.165) is 27.0 Å². The van der Waals surface area contributed by atoms with Gasteiger partial charge in [-0.25, -0.2) is 0 Å². The molecule has 41 heavy (non-hydrogen) atoms. The van der Waals surface area contributed by atoms with Crippen LogP contribution in [0.1, 0.15) is 82.4 Å². The van der Waals surface area contributed by atoms with Crippen LogP contribution in [0.25, 0.3) is 0 Å². The number of ketones is 2. The summed E-state index contributed by atoms with van der Waals surface area (Å²) in [6.45, 7) is 10.9. The first-order valence-electron chi connectivity index (χ1n) is 14.2. The van der Waals surface area contributed by atoms with Gasteiger partial charge in [0.2, 0.25) is 0 Å². The summed E-state index contributed by atoms with van der Waals surface area (Å²) < 4.78 is 7.24. The number of carboxylic acids is 1. The molecule has 1 N–H and O–H groups in total. The lowest BCUT2D eigenvalue weighted by molar-refractivity contribution is -0.137. The van der Waals surface area contributed by atoms with E-state index in [4.69, 9.17) is 4.74 Å². The van der Waals surface area contributed by atoms with Gasteiger partial charge in [0, 0.05) is 57.9 Å². The lowest BCUT2D eigenvalue weighted by Gasteiger charge is -2.49. The Bertz CT molecular complexity index is 1430. The van der Waals surface area contributed by atoms with E-state index >= 15 is 0 Å². The number of benzene rings is 2. The topological polar surface area (TPSA) is 83.9 Å². The molecular formula is C34H38BrNO5. The average Bonchev–Trinajstić information content (AvgIpc) is 2.85. The summed E-state index contributed by atoms with van der Waals surface area (Å²) >= 11 is 3.63. The highest BCUT2D eigenvalue weighted by Gasteiger charge is 2.49. The van der Waals surface area contributed by atoms with Gasteiger partial charge in [-0.15, -0.1) is 0 Å². The van der Waals surface area contributed by atoms with E-state index in [2.05, 4.69) is 43.6 Å². The molecular weight excluding hydrogens is 582 g/mol. The van der Waals surface area contributed by atoms with Crippen LogP contribution in [0.15, 0.2) is 69.5 Å². The van der Waals surface area contributed by atoms with Gasteiger partial charge in [0.1, 0.15) is 12.4 Å². The van der Waals surface area contributed by atoms with Crippen LogP contribution in [0.4, 0.5) is 0 Å². The number of allylic oxidation sites excluding steroid dienone is 4. The largest absolute Gasteiger partial charge is 0.489 e. The van der Waals surface area contributed by atoms with Crippen molar-refractivity contribution in [2.75, 3.05) is 6.54 Å². The summed E-state index contributed by atoms with van der Waals surface area (Å²) in [5, 5.41) is 9.60. The molecule has 0 unspecified atom stereocenters. The molecule has 5 rings (SSSR count). The Kier molecular flexibility index (Phi) is 7.79. The van der Waals surface area contributed by atoms with Gasteiger partial charge in [-0.1, -0.05) is 73.5 Å². The highest BCUT2D eigenvalue weighted by atomic mass is 79.9. The number of halogens is 1. The molecule has 2 aliphatic carbocycles. The molecule has 2 aromatic carbocycles. The number of rotatable bonds is 7. The van der Waals surface area contributed by atoms with E-state index in [9.17, 15) is 19.5 Å². The van der Waals surface area contributed by atoms with E-state index in [1.54, 1.807) is 0 Å². The third kappa shape index (κ3) is 6.06. The number of carbonyl (C=O) groups is 3. The standard InChI is InChI=1S/C34H38BrNO5/c1-20-6-8-21(9-7-20)19-41-28-11-10-22(35)14-23(28)30-31-24(15-33(2,3)17-26(31)37)36(13-12-29(39)40)25-16-34(4,5)18-27(38)32(25)30/h6-11,14,30H,12-13,15-19H2,1-5H3,(H,39,40). The van der Waals surface area contributed by atoms with Gasteiger partial charge in [0.15, 0.2) is 11.6 Å². The number of ether oxygens (including phenoxy) is 1. The normalized spacial score (nSPS) is 20.2. The minimum atomic E-state index is -0.905. The van der Waals surface area contributed by atoms with Crippen molar-refractivity contribution in [1.82, 2.24) is 4.90 Å². The van der Waals surface area contributed by atoms with Gasteiger partial charge >= 0.3 is 5.97 Å². The fourth-order valence-electron chi connectivity index (χ4n) is 6.56. The van der Waals surface area contributed by atoms with Gasteiger partial charge in [0.05, 0.1) is 6.42 Å². The third-order valence-corrected chi connectivity index (χ3v) is 8.86.